The summed E-state index contributed by atoms with van der Waals surface area (Å²) in [5, 5.41) is 1.44. The van der Waals surface area contributed by atoms with Gasteiger partial charge in [-0.1, -0.05) is 29.8 Å². The van der Waals surface area contributed by atoms with Crippen molar-refractivity contribution < 1.29 is 9.63 Å². The molecule has 0 bridgehead atoms. The standard InChI is InChI=1S/C14H17NO2/c1-12-5-4-6-13(11-12)7-8-14(16)15-9-2-3-10-17-15/h4-8,11H,2-3,9-10H2,1H3/b8-7+. The topological polar surface area (TPSA) is 29.5 Å². The SMILES string of the molecule is Cc1cccc(/C=C/C(=O)N2CCCCO2)c1. The van der Waals surface area contributed by atoms with Gasteiger partial charge in [0.2, 0.25) is 0 Å². The minimum absolute atomic E-state index is 0.0776. The normalized spacial score (nSPS) is 16.4. The molecule has 0 aliphatic carbocycles. The Hall–Kier alpha value is -1.61. The van der Waals surface area contributed by atoms with Crippen molar-refractivity contribution in [1.82, 2.24) is 5.06 Å². The molecule has 0 radical (unpaired) electrons. The zero-order valence-corrected chi connectivity index (χ0v) is 10.1. The molecule has 0 N–H and O–H groups in total. The second-order valence-corrected chi connectivity index (χ2v) is 4.23. The molecule has 1 heterocycles. The van der Waals surface area contributed by atoms with Gasteiger partial charge in [0, 0.05) is 12.6 Å². The Labute approximate surface area is 102 Å². The Morgan fingerprint density at radius 2 is 2.29 bits per heavy atom. The van der Waals surface area contributed by atoms with E-state index in [1.54, 1.807) is 6.08 Å². The van der Waals surface area contributed by atoms with Gasteiger partial charge in [0.05, 0.1) is 6.61 Å². The second kappa shape index (κ2) is 5.64. The summed E-state index contributed by atoms with van der Waals surface area (Å²) in [5.74, 6) is -0.0776. The van der Waals surface area contributed by atoms with Crippen molar-refractivity contribution in [3.05, 3.63) is 41.5 Å². The smallest absolute Gasteiger partial charge is 0.270 e. The first-order valence-electron chi connectivity index (χ1n) is 5.95. The van der Waals surface area contributed by atoms with E-state index in [4.69, 9.17) is 4.84 Å². The molecule has 0 spiro atoms. The van der Waals surface area contributed by atoms with Gasteiger partial charge in [0.1, 0.15) is 0 Å². The molecule has 1 fully saturated rings. The minimum Gasteiger partial charge on any atom is -0.271 e. The monoisotopic (exact) mass is 231 g/mol. The van der Waals surface area contributed by atoms with Crippen molar-refractivity contribution in [3.8, 4) is 0 Å². The average Bonchev–Trinajstić information content (AvgIpc) is 2.37. The maximum atomic E-state index is 11.8. The number of aryl methyl sites for hydroxylation is 1. The molecular weight excluding hydrogens is 214 g/mol. The van der Waals surface area contributed by atoms with E-state index in [1.807, 2.05) is 37.3 Å². The highest BCUT2D eigenvalue weighted by atomic mass is 16.7. The van der Waals surface area contributed by atoms with Crippen LogP contribution in [-0.2, 0) is 9.63 Å². The highest BCUT2D eigenvalue weighted by Crippen LogP contribution is 2.09. The third-order valence-corrected chi connectivity index (χ3v) is 2.71. The van der Waals surface area contributed by atoms with E-state index in [0.717, 1.165) is 18.4 Å². The molecule has 3 heteroatoms. The number of benzene rings is 1. The van der Waals surface area contributed by atoms with Crippen molar-refractivity contribution in [2.45, 2.75) is 19.8 Å². The van der Waals surface area contributed by atoms with Crippen LogP contribution in [0.2, 0.25) is 0 Å². The minimum atomic E-state index is -0.0776. The van der Waals surface area contributed by atoms with Gasteiger partial charge in [-0.3, -0.25) is 9.63 Å². The van der Waals surface area contributed by atoms with E-state index in [2.05, 4.69) is 0 Å². The molecule has 2 rings (SSSR count). The van der Waals surface area contributed by atoms with Crippen molar-refractivity contribution in [2.24, 2.45) is 0 Å². The van der Waals surface area contributed by atoms with E-state index in [9.17, 15) is 4.79 Å². The summed E-state index contributed by atoms with van der Waals surface area (Å²) in [5.41, 5.74) is 2.23. The largest absolute Gasteiger partial charge is 0.271 e. The Morgan fingerprint density at radius 3 is 3.00 bits per heavy atom. The van der Waals surface area contributed by atoms with E-state index >= 15 is 0 Å². The van der Waals surface area contributed by atoms with Crippen LogP contribution in [0.5, 0.6) is 0 Å². The number of carbonyl (C=O) groups excluding carboxylic acids is 1. The lowest BCUT2D eigenvalue weighted by atomic mass is 10.1. The summed E-state index contributed by atoms with van der Waals surface area (Å²) in [6, 6.07) is 8.04. The third kappa shape index (κ3) is 3.43. The number of hydrogen-bond donors (Lipinski definition) is 0. The average molecular weight is 231 g/mol. The number of amides is 1. The fourth-order valence-electron chi connectivity index (χ4n) is 1.80. The van der Waals surface area contributed by atoms with Gasteiger partial charge in [-0.05, 0) is 31.4 Å². The van der Waals surface area contributed by atoms with Crippen LogP contribution >= 0.6 is 0 Å². The molecule has 1 aliphatic heterocycles. The molecule has 1 aliphatic rings. The van der Waals surface area contributed by atoms with Gasteiger partial charge in [-0.2, -0.15) is 0 Å². The van der Waals surface area contributed by atoms with Crippen LogP contribution in [0.4, 0.5) is 0 Å². The van der Waals surface area contributed by atoms with Crippen molar-refractivity contribution >= 4 is 12.0 Å². The predicted molar refractivity (Wildman–Crippen MR) is 67.1 cm³/mol. The zero-order valence-electron chi connectivity index (χ0n) is 10.1. The van der Waals surface area contributed by atoms with E-state index in [1.165, 1.54) is 10.6 Å². The highest BCUT2D eigenvalue weighted by Gasteiger charge is 2.14. The Kier molecular flexibility index (Phi) is 3.94. The molecule has 3 nitrogen and oxygen atoms in total. The van der Waals surface area contributed by atoms with E-state index in [-0.39, 0.29) is 5.91 Å². The van der Waals surface area contributed by atoms with Gasteiger partial charge >= 0.3 is 0 Å². The fraction of sp³-hybridized carbons (Fsp3) is 0.357. The summed E-state index contributed by atoms with van der Waals surface area (Å²) in [7, 11) is 0. The molecule has 0 aromatic heterocycles. The lowest BCUT2D eigenvalue weighted by Crippen LogP contribution is -2.34. The van der Waals surface area contributed by atoms with Gasteiger partial charge < -0.3 is 0 Å². The van der Waals surface area contributed by atoms with Crippen LogP contribution in [0.3, 0.4) is 0 Å². The molecule has 1 amide bonds. The number of rotatable bonds is 2. The third-order valence-electron chi connectivity index (χ3n) is 2.71. The molecule has 1 aromatic rings. The van der Waals surface area contributed by atoms with Crippen molar-refractivity contribution in [3.63, 3.8) is 0 Å². The van der Waals surface area contributed by atoms with E-state index < -0.39 is 0 Å². The first kappa shape index (κ1) is 11.9. The maximum Gasteiger partial charge on any atom is 0.270 e. The summed E-state index contributed by atoms with van der Waals surface area (Å²) in [4.78, 5) is 17.1. The van der Waals surface area contributed by atoms with Gasteiger partial charge in [-0.15, -0.1) is 0 Å². The molecular formula is C14H17NO2. The van der Waals surface area contributed by atoms with Crippen LogP contribution in [0.25, 0.3) is 6.08 Å². The van der Waals surface area contributed by atoms with Crippen LogP contribution in [0, 0.1) is 6.92 Å². The molecule has 90 valence electrons. The van der Waals surface area contributed by atoms with Crippen LogP contribution in [0.15, 0.2) is 30.3 Å². The van der Waals surface area contributed by atoms with Crippen molar-refractivity contribution in [2.75, 3.05) is 13.2 Å². The van der Waals surface area contributed by atoms with Gasteiger partial charge in [-0.25, -0.2) is 5.06 Å². The Morgan fingerprint density at radius 1 is 1.41 bits per heavy atom. The number of hydrogen-bond acceptors (Lipinski definition) is 2. The molecule has 17 heavy (non-hydrogen) atoms. The summed E-state index contributed by atoms with van der Waals surface area (Å²) in [6.45, 7) is 3.37. The van der Waals surface area contributed by atoms with Crippen LogP contribution in [0.1, 0.15) is 24.0 Å². The Bertz CT molecular complexity index is 420. The molecule has 0 saturated carbocycles. The van der Waals surface area contributed by atoms with Crippen molar-refractivity contribution in [1.29, 1.82) is 0 Å². The number of carbonyl (C=O) groups is 1. The molecule has 1 aromatic carbocycles. The lowest BCUT2D eigenvalue weighted by Gasteiger charge is -2.24. The summed E-state index contributed by atoms with van der Waals surface area (Å²) in [6.07, 6.45) is 5.45. The summed E-state index contributed by atoms with van der Waals surface area (Å²) < 4.78 is 0. The van der Waals surface area contributed by atoms with Gasteiger partial charge in [0.25, 0.3) is 5.91 Å². The fourth-order valence-corrected chi connectivity index (χ4v) is 1.80. The predicted octanol–water partition coefficient (Wildman–Crippen LogP) is 2.56. The van der Waals surface area contributed by atoms with Gasteiger partial charge in [0.15, 0.2) is 0 Å². The maximum absolute atomic E-state index is 11.8. The highest BCUT2D eigenvalue weighted by molar-refractivity contribution is 5.91. The molecule has 0 unspecified atom stereocenters. The molecule has 1 saturated heterocycles. The number of hydroxylamine groups is 2. The quantitative estimate of drug-likeness (QED) is 0.732. The lowest BCUT2D eigenvalue weighted by molar-refractivity contribution is -0.191. The zero-order chi connectivity index (χ0) is 12.1. The first-order valence-corrected chi connectivity index (χ1v) is 5.95. The second-order valence-electron chi connectivity index (χ2n) is 4.23. The Balaban J connectivity index is 1.97. The first-order chi connectivity index (χ1) is 8.25. The van der Waals surface area contributed by atoms with E-state index in [0.29, 0.717) is 13.2 Å². The van der Waals surface area contributed by atoms with Crippen LogP contribution in [-0.4, -0.2) is 24.1 Å². The van der Waals surface area contributed by atoms with Crippen LogP contribution < -0.4 is 0 Å². The molecule has 0 atom stereocenters. The number of nitrogens with zero attached hydrogens (tertiary/aromatic N) is 1. The summed E-state index contributed by atoms with van der Waals surface area (Å²) >= 11 is 0.